The normalized spacial score (nSPS) is 10.2. The average molecular weight is 226 g/mol. The molecule has 0 atom stereocenters. The van der Waals surface area contributed by atoms with E-state index in [9.17, 15) is 0 Å². The van der Waals surface area contributed by atoms with Gasteiger partial charge >= 0.3 is 0 Å². The highest BCUT2D eigenvalue weighted by atomic mass is 15.1. The third-order valence-electron chi connectivity index (χ3n) is 2.74. The number of nitrogens with zero attached hydrogens (tertiary/aromatic N) is 3. The van der Waals surface area contributed by atoms with Crippen LogP contribution in [0.15, 0.2) is 18.5 Å². The van der Waals surface area contributed by atoms with E-state index < -0.39 is 0 Å². The smallest absolute Gasteiger partial charge is 0.132 e. The summed E-state index contributed by atoms with van der Waals surface area (Å²) in [5.41, 5.74) is 8.86. The summed E-state index contributed by atoms with van der Waals surface area (Å²) in [6, 6.07) is 1.93. The lowest BCUT2D eigenvalue weighted by Gasteiger charge is -2.04. The first-order valence-corrected chi connectivity index (χ1v) is 5.32. The van der Waals surface area contributed by atoms with Gasteiger partial charge in [0, 0.05) is 18.0 Å². The molecule has 0 unspecified atom stereocenters. The molecule has 0 radical (unpaired) electrons. The highest BCUT2D eigenvalue weighted by Crippen LogP contribution is 2.27. The second-order valence-corrected chi connectivity index (χ2v) is 3.87. The van der Waals surface area contributed by atoms with Crippen molar-refractivity contribution >= 4 is 5.82 Å². The SMILES string of the molecule is C#CCn1c(C)nc(-c2cnccc2C)c1N. The molecule has 0 amide bonds. The van der Waals surface area contributed by atoms with Crippen LogP contribution in [0.5, 0.6) is 0 Å². The summed E-state index contributed by atoms with van der Waals surface area (Å²) in [5.74, 6) is 3.98. The van der Waals surface area contributed by atoms with Gasteiger partial charge in [-0.25, -0.2) is 4.98 Å². The molecule has 0 saturated heterocycles. The number of terminal acetylenes is 1. The van der Waals surface area contributed by atoms with Crippen molar-refractivity contribution in [2.45, 2.75) is 20.4 Å². The maximum absolute atomic E-state index is 6.07. The minimum absolute atomic E-state index is 0.435. The Morgan fingerprint density at radius 1 is 1.47 bits per heavy atom. The highest BCUT2D eigenvalue weighted by molar-refractivity contribution is 5.72. The van der Waals surface area contributed by atoms with E-state index >= 15 is 0 Å². The van der Waals surface area contributed by atoms with Crippen LogP contribution in [0.2, 0.25) is 0 Å². The lowest BCUT2D eigenvalue weighted by Crippen LogP contribution is -2.03. The standard InChI is InChI=1S/C13H14N4/c1-4-7-17-10(3)16-12(13(17)14)11-8-15-6-5-9(11)2/h1,5-6,8H,7,14H2,2-3H3. The Labute approximate surface area is 101 Å². The van der Waals surface area contributed by atoms with Gasteiger partial charge in [0.1, 0.15) is 17.3 Å². The predicted octanol–water partition coefficient (Wildman–Crippen LogP) is 1.78. The summed E-state index contributed by atoms with van der Waals surface area (Å²) in [7, 11) is 0. The van der Waals surface area contributed by atoms with Crippen molar-refractivity contribution in [3.8, 4) is 23.6 Å². The summed E-state index contributed by atoms with van der Waals surface area (Å²) in [6.07, 6.45) is 8.83. The molecule has 0 fully saturated rings. The minimum Gasteiger partial charge on any atom is -0.383 e. The number of anilines is 1. The van der Waals surface area contributed by atoms with Crippen molar-refractivity contribution in [2.75, 3.05) is 5.73 Å². The van der Waals surface area contributed by atoms with Crippen LogP contribution in [0.1, 0.15) is 11.4 Å². The predicted molar refractivity (Wildman–Crippen MR) is 68.2 cm³/mol. The van der Waals surface area contributed by atoms with E-state index in [1.165, 1.54) is 0 Å². The number of hydrogen-bond donors (Lipinski definition) is 1. The second kappa shape index (κ2) is 4.30. The van der Waals surface area contributed by atoms with Crippen LogP contribution in [0.25, 0.3) is 11.3 Å². The molecule has 0 aliphatic carbocycles. The number of nitrogens with two attached hydrogens (primary N) is 1. The first kappa shape index (κ1) is 11.2. The molecule has 2 rings (SSSR count). The van der Waals surface area contributed by atoms with Gasteiger partial charge in [-0.2, -0.15) is 0 Å². The van der Waals surface area contributed by atoms with E-state index in [1.807, 2.05) is 24.5 Å². The van der Waals surface area contributed by atoms with Gasteiger partial charge < -0.3 is 10.3 Å². The van der Waals surface area contributed by atoms with Gasteiger partial charge in [-0.1, -0.05) is 5.92 Å². The summed E-state index contributed by atoms with van der Waals surface area (Å²) >= 11 is 0. The summed E-state index contributed by atoms with van der Waals surface area (Å²) in [5, 5.41) is 0. The molecule has 0 saturated carbocycles. The van der Waals surface area contributed by atoms with Gasteiger partial charge in [-0.15, -0.1) is 6.42 Å². The number of aryl methyl sites for hydroxylation is 2. The Morgan fingerprint density at radius 3 is 2.88 bits per heavy atom. The summed E-state index contributed by atoms with van der Waals surface area (Å²) in [6.45, 7) is 4.33. The molecule has 0 aliphatic heterocycles. The van der Waals surface area contributed by atoms with Crippen LogP contribution in [0, 0.1) is 26.2 Å². The van der Waals surface area contributed by atoms with Gasteiger partial charge in [0.15, 0.2) is 0 Å². The molecule has 2 N–H and O–H groups in total. The number of aromatic nitrogens is 3. The molecule has 0 aromatic carbocycles. The molecule has 2 aromatic rings. The molecule has 17 heavy (non-hydrogen) atoms. The lowest BCUT2D eigenvalue weighted by molar-refractivity contribution is 0.807. The van der Waals surface area contributed by atoms with E-state index in [-0.39, 0.29) is 0 Å². The first-order chi connectivity index (χ1) is 8.15. The quantitative estimate of drug-likeness (QED) is 0.794. The van der Waals surface area contributed by atoms with Crippen molar-refractivity contribution in [1.29, 1.82) is 0 Å². The van der Waals surface area contributed by atoms with Gasteiger partial charge in [-0.05, 0) is 25.5 Å². The van der Waals surface area contributed by atoms with E-state index in [2.05, 4.69) is 15.9 Å². The molecule has 4 nitrogen and oxygen atoms in total. The Hall–Kier alpha value is -2.28. The monoisotopic (exact) mass is 226 g/mol. The van der Waals surface area contributed by atoms with Crippen molar-refractivity contribution in [3.63, 3.8) is 0 Å². The Kier molecular flexibility index (Phi) is 2.84. The number of nitrogen functional groups attached to an aromatic ring is 1. The molecular formula is C13H14N4. The molecule has 0 bridgehead atoms. The van der Waals surface area contributed by atoms with Gasteiger partial charge in [0.25, 0.3) is 0 Å². The van der Waals surface area contributed by atoms with Crippen LogP contribution in [-0.2, 0) is 6.54 Å². The maximum Gasteiger partial charge on any atom is 0.132 e. The van der Waals surface area contributed by atoms with Crippen LogP contribution in [0.3, 0.4) is 0 Å². The number of imidazole rings is 1. The molecular weight excluding hydrogens is 212 g/mol. The van der Waals surface area contributed by atoms with Crippen molar-refractivity contribution in [3.05, 3.63) is 29.8 Å². The van der Waals surface area contributed by atoms with Crippen LogP contribution < -0.4 is 5.73 Å². The third-order valence-corrected chi connectivity index (χ3v) is 2.74. The minimum atomic E-state index is 0.435. The molecule has 2 aromatic heterocycles. The van der Waals surface area contributed by atoms with Gasteiger partial charge in [0.2, 0.25) is 0 Å². The average Bonchev–Trinajstić information content (AvgIpc) is 2.58. The molecule has 86 valence electrons. The fourth-order valence-electron chi connectivity index (χ4n) is 1.78. The van der Waals surface area contributed by atoms with E-state index in [0.717, 1.165) is 22.6 Å². The van der Waals surface area contributed by atoms with Crippen molar-refractivity contribution in [1.82, 2.24) is 14.5 Å². The second-order valence-electron chi connectivity index (χ2n) is 3.87. The van der Waals surface area contributed by atoms with E-state index in [0.29, 0.717) is 12.4 Å². The van der Waals surface area contributed by atoms with Crippen molar-refractivity contribution < 1.29 is 0 Å². The largest absolute Gasteiger partial charge is 0.383 e. The van der Waals surface area contributed by atoms with Gasteiger partial charge in [-0.3, -0.25) is 4.98 Å². The number of pyridine rings is 1. The third kappa shape index (κ3) is 1.87. The Bertz CT molecular complexity index is 590. The molecule has 2 heterocycles. The van der Waals surface area contributed by atoms with Crippen LogP contribution in [0.4, 0.5) is 5.82 Å². The van der Waals surface area contributed by atoms with Crippen LogP contribution >= 0.6 is 0 Å². The van der Waals surface area contributed by atoms with Crippen molar-refractivity contribution in [2.24, 2.45) is 0 Å². The van der Waals surface area contributed by atoms with Crippen LogP contribution in [-0.4, -0.2) is 14.5 Å². The maximum atomic E-state index is 6.07. The number of rotatable bonds is 2. The molecule has 0 aliphatic rings. The van der Waals surface area contributed by atoms with E-state index in [1.54, 1.807) is 12.4 Å². The van der Waals surface area contributed by atoms with E-state index in [4.69, 9.17) is 12.2 Å². The number of hydrogen-bond acceptors (Lipinski definition) is 3. The topological polar surface area (TPSA) is 56.7 Å². The summed E-state index contributed by atoms with van der Waals surface area (Å²) < 4.78 is 1.82. The summed E-state index contributed by atoms with van der Waals surface area (Å²) in [4.78, 5) is 8.57. The molecule has 4 heteroatoms. The zero-order valence-corrected chi connectivity index (χ0v) is 9.94. The zero-order chi connectivity index (χ0) is 12.4. The Balaban J connectivity index is 2.59. The Morgan fingerprint density at radius 2 is 2.24 bits per heavy atom. The fourth-order valence-corrected chi connectivity index (χ4v) is 1.78. The first-order valence-electron chi connectivity index (χ1n) is 5.32. The zero-order valence-electron chi connectivity index (χ0n) is 9.94. The lowest BCUT2D eigenvalue weighted by atomic mass is 10.1. The highest BCUT2D eigenvalue weighted by Gasteiger charge is 2.14. The fraction of sp³-hybridized carbons (Fsp3) is 0.231. The van der Waals surface area contributed by atoms with Gasteiger partial charge in [0.05, 0.1) is 6.54 Å². The molecule has 0 spiro atoms.